The summed E-state index contributed by atoms with van der Waals surface area (Å²) in [4.78, 5) is 9.92. The molecule has 4 N–H and O–H groups in total. The van der Waals surface area contributed by atoms with Crippen LogP contribution in [0.5, 0.6) is 0 Å². The van der Waals surface area contributed by atoms with Crippen LogP contribution in [0.2, 0.25) is 0 Å². The average molecular weight is 347 g/mol. The Morgan fingerprint density at radius 1 is 1.33 bits per heavy atom. The zero-order valence-corrected chi connectivity index (χ0v) is 15.5. The standard InChI is InChI=1S/C7H7ClNO2S.C4H9NO3.Na/c1-6-2-4-7(5-3-6)12(10,11)9-8;1-2(5)3(6)4(7)8;/h2-5H,1H3;2-3,6H,5H2,1H3,(H,7,8);/q-1;;+1. The number of carboxylic acids is 1. The van der Waals surface area contributed by atoms with E-state index in [1.165, 1.54) is 19.1 Å². The Bertz CT molecular complexity index is 536. The normalized spacial score (nSPS) is 13.2. The average Bonchev–Trinajstić information content (AvgIpc) is 2.38. The molecule has 0 aliphatic heterocycles. The molecule has 0 spiro atoms. The molecule has 0 amide bonds. The van der Waals surface area contributed by atoms with Crippen LogP contribution in [0.4, 0.5) is 0 Å². The number of carboxylic acid groups (broad SMARTS) is 1. The van der Waals surface area contributed by atoms with Crippen LogP contribution in [0.15, 0.2) is 29.2 Å². The molecule has 21 heavy (non-hydrogen) atoms. The van der Waals surface area contributed by atoms with E-state index in [0.29, 0.717) is 0 Å². The third kappa shape index (κ3) is 8.74. The van der Waals surface area contributed by atoms with E-state index < -0.39 is 28.1 Å². The van der Waals surface area contributed by atoms with E-state index >= 15 is 0 Å². The Hall–Kier alpha value is -0.190. The first-order valence-electron chi connectivity index (χ1n) is 5.43. The fourth-order valence-corrected chi connectivity index (χ4v) is 1.77. The van der Waals surface area contributed by atoms with Crippen molar-refractivity contribution in [2.45, 2.75) is 30.9 Å². The van der Waals surface area contributed by atoms with Crippen molar-refractivity contribution in [2.75, 3.05) is 0 Å². The summed E-state index contributed by atoms with van der Waals surface area (Å²) in [6.45, 7) is 3.30. The molecular formula is C11H16ClN2NaO5S. The summed E-state index contributed by atoms with van der Waals surface area (Å²) < 4.78 is 24.8. The monoisotopic (exact) mass is 346 g/mol. The van der Waals surface area contributed by atoms with Gasteiger partial charge >= 0.3 is 35.5 Å². The molecule has 0 radical (unpaired) electrons. The largest absolute Gasteiger partial charge is 1.00 e. The Labute approximate surface area is 150 Å². The minimum Gasteiger partial charge on any atom is -0.479 e. The molecule has 0 saturated heterocycles. The number of halogens is 1. The van der Waals surface area contributed by atoms with Gasteiger partial charge in [0.2, 0.25) is 0 Å². The number of sulfonamides is 1. The molecule has 0 aliphatic carbocycles. The van der Waals surface area contributed by atoms with Crippen LogP contribution < -0.4 is 35.3 Å². The molecule has 114 valence electrons. The van der Waals surface area contributed by atoms with E-state index in [1.807, 2.05) is 6.92 Å². The first-order valence-corrected chi connectivity index (χ1v) is 7.21. The van der Waals surface area contributed by atoms with Crippen molar-refractivity contribution in [3.8, 4) is 0 Å². The van der Waals surface area contributed by atoms with E-state index in [-0.39, 0.29) is 34.5 Å². The number of hydrogen-bond donors (Lipinski definition) is 3. The van der Waals surface area contributed by atoms with Crippen LogP contribution in [0, 0.1) is 6.92 Å². The van der Waals surface area contributed by atoms with Gasteiger partial charge in [-0.05, 0) is 26.0 Å². The van der Waals surface area contributed by atoms with Crippen molar-refractivity contribution < 1.29 is 53.0 Å². The fourth-order valence-electron chi connectivity index (χ4n) is 0.975. The maximum atomic E-state index is 11.0. The van der Waals surface area contributed by atoms with Gasteiger partial charge in [0.15, 0.2) is 6.10 Å². The van der Waals surface area contributed by atoms with Gasteiger partial charge in [-0.3, -0.25) is 11.8 Å². The number of carbonyl (C=O) groups is 1. The molecule has 1 aromatic carbocycles. The van der Waals surface area contributed by atoms with Crippen LogP contribution in [-0.2, 0) is 14.8 Å². The van der Waals surface area contributed by atoms with Gasteiger partial charge in [-0.25, -0.2) is 13.2 Å². The maximum Gasteiger partial charge on any atom is 1.00 e. The second-order valence-electron chi connectivity index (χ2n) is 4.00. The number of aliphatic hydroxyl groups is 1. The molecule has 10 heteroatoms. The predicted molar refractivity (Wildman–Crippen MR) is 74.9 cm³/mol. The van der Waals surface area contributed by atoms with Crippen molar-refractivity contribution in [1.29, 1.82) is 0 Å². The molecule has 1 rings (SSSR count). The maximum absolute atomic E-state index is 11.0. The van der Waals surface area contributed by atoms with E-state index in [2.05, 4.69) is 4.24 Å². The summed E-state index contributed by atoms with van der Waals surface area (Å²) in [6, 6.07) is 5.62. The summed E-state index contributed by atoms with van der Waals surface area (Å²) in [5, 5.41) is 16.5. The van der Waals surface area contributed by atoms with Crippen molar-refractivity contribution in [2.24, 2.45) is 5.73 Å². The number of rotatable bonds is 4. The molecule has 0 aromatic heterocycles. The van der Waals surface area contributed by atoms with Crippen molar-refractivity contribution >= 4 is 27.8 Å². The number of aryl methyl sites for hydroxylation is 1. The van der Waals surface area contributed by atoms with Crippen molar-refractivity contribution in [3.05, 3.63) is 34.1 Å². The summed E-state index contributed by atoms with van der Waals surface area (Å²) >= 11 is 4.90. The zero-order valence-electron chi connectivity index (χ0n) is 11.9. The van der Waals surface area contributed by atoms with E-state index in [4.69, 9.17) is 27.7 Å². The fraction of sp³-hybridized carbons (Fsp3) is 0.364. The number of nitrogens with zero attached hydrogens (tertiary/aromatic N) is 1. The summed E-state index contributed by atoms with van der Waals surface area (Å²) in [7, 11) is -3.62. The smallest absolute Gasteiger partial charge is 0.479 e. The van der Waals surface area contributed by atoms with Crippen LogP contribution in [0.3, 0.4) is 0 Å². The molecule has 2 atom stereocenters. The van der Waals surface area contributed by atoms with E-state index in [9.17, 15) is 13.2 Å². The number of nitrogens with two attached hydrogens (primary N) is 1. The number of aliphatic hydroxyl groups excluding tert-OH is 1. The van der Waals surface area contributed by atoms with Gasteiger partial charge < -0.3 is 20.2 Å². The second kappa shape index (κ2) is 10.5. The zero-order chi connectivity index (χ0) is 15.9. The van der Waals surface area contributed by atoms with Crippen LogP contribution >= 0.6 is 11.8 Å². The van der Waals surface area contributed by atoms with Gasteiger partial charge in [-0.15, -0.1) is 0 Å². The van der Waals surface area contributed by atoms with Crippen molar-refractivity contribution in [3.63, 3.8) is 0 Å². The number of benzene rings is 1. The molecule has 0 heterocycles. The second-order valence-corrected chi connectivity index (χ2v) is 5.97. The van der Waals surface area contributed by atoms with Crippen LogP contribution in [0.25, 0.3) is 4.24 Å². The topological polar surface area (TPSA) is 132 Å². The Morgan fingerprint density at radius 2 is 1.76 bits per heavy atom. The molecule has 2 unspecified atom stereocenters. The third-order valence-corrected chi connectivity index (χ3v) is 3.76. The molecule has 0 aliphatic rings. The molecule has 0 fully saturated rings. The van der Waals surface area contributed by atoms with Gasteiger partial charge in [-0.1, -0.05) is 17.7 Å². The molecular weight excluding hydrogens is 331 g/mol. The van der Waals surface area contributed by atoms with E-state index in [1.54, 1.807) is 12.1 Å². The molecule has 0 saturated carbocycles. The minimum absolute atomic E-state index is 0. The summed E-state index contributed by atoms with van der Waals surface area (Å²) in [6.07, 6.45) is -1.44. The molecule has 0 bridgehead atoms. The van der Waals surface area contributed by atoms with Gasteiger partial charge in [0.1, 0.15) is 10.0 Å². The minimum atomic E-state index is -3.62. The van der Waals surface area contributed by atoms with E-state index in [0.717, 1.165) is 5.56 Å². The number of aliphatic carboxylic acids is 1. The van der Waals surface area contributed by atoms with Crippen LogP contribution in [0.1, 0.15) is 12.5 Å². The van der Waals surface area contributed by atoms with Gasteiger partial charge in [0.25, 0.3) is 0 Å². The van der Waals surface area contributed by atoms with Gasteiger partial charge in [0, 0.05) is 10.9 Å². The van der Waals surface area contributed by atoms with Gasteiger partial charge in [0.05, 0.1) is 0 Å². The Morgan fingerprint density at radius 3 is 2.00 bits per heavy atom. The Balaban J connectivity index is 0. The van der Waals surface area contributed by atoms with Crippen LogP contribution in [-0.4, -0.2) is 36.7 Å². The summed E-state index contributed by atoms with van der Waals surface area (Å²) in [5.74, 6) is -1.28. The third-order valence-electron chi connectivity index (χ3n) is 2.16. The predicted octanol–water partition coefficient (Wildman–Crippen LogP) is -2.01. The van der Waals surface area contributed by atoms with Crippen molar-refractivity contribution in [1.82, 2.24) is 0 Å². The number of hydrogen-bond acceptors (Lipinski definition) is 5. The molecule has 7 nitrogen and oxygen atoms in total. The Kier molecular flexibility index (Phi) is 11.6. The summed E-state index contributed by atoms with van der Waals surface area (Å²) in [5.41, 5.74) is 6.00. The first kappa shape index (κ1) is 23.1. The quantitative estimate of drug-likeness (QED) is 0.540. The SMILES string of the molecule is CC(N)C(O)C(=O)O.Cc1ccc(S(=O)(=O)[N-]Cl)cc1.[Na+]. The first-order chi connectivity index (χ1) is 9.11. The molecule has 1 aromatic rings. The van der Waals surface area contributed by atoms with Gasteiger partial charge in [-0.2, -0.15) is 0 Å².